The Morgan fingerprint density at radius 2 is 0.262 bits per heavy atom. The zero-order valence-corrected chi connectivity index (χ0v) is 53.7. The van der Waals surface area contributed by atoms with Crippen LogP contribution in [0.3, 0.4) is 0 Å². The van der Waals surface area contributed by atoms with E-state index >= 15 is 0 Å². The topological polar surface area (TPSA) is 19.4 Å². The van der Waals surface area contributed by atoms with Crippen LogP contribution in [0.25, 0.3) is 0 Å². The molecule has 0 saturated heterocycles. The maximum absolute atomic E-state index is 4.91. The van der Waals surface area contributed by atoms with Crippen LogP contribution < -0.4 is 0 Å². The summed E-state index contributed by atoms with van der Waals surface area (Å²) in [7, 11) is 0. The van der Waals surface area contributed by atoms with Crippen LogP contribution in [-0.4, -0.2) is 128 Å². The fourth-order valence-corrected chi connectivity index (χ4v) is 11.2. The summed E-state index contributed by atoms with van der Waals surface area (Å²) in [5.41, 5.74) is 0. The van der Waals surface area contributed by atoms with Crippen molar-refractivity contribution in [3.8, 4) is 0 Å². The van der Waals surface area contributed by atoms with Crippen LogP contribution in [0, 0.1) is 0 Å². The van der Waals surface area contributed by atoms with E-state index in [9.17, 15) is 0 Å². The summed E-state index contributed by atoms with van der Waals surface area (Å²) in [4.78, 5) is 12.3. The van der Waals surface area contributed by atoms with Crippen molar-refractivity contribution in [3.05, 3.63) is 0 Å². The zero-order valence-electron chi connectivity index (χ0n) is 41.9. The van der Waals surface area contributed by atoms with E-state index < -0.39 is 0 Å². The molecule has 0 saturated carbocycles. The van der Waals surface area contributed by atoms with E-state index in [0.717, 1.165) is 0 Å². The Morgan fingerprint density at radius 3 is 0.262 bits per heavy atom. The Hall–Kier alpha value is 1.35. The van der Waals surface area contributed by atoms with Gasteiger partial charge in [0.1, 0.15) is 0 Å². The molecule has 0 radical (unpaired) electrons. The van der Waals surface area contributed by atoms with Gasteiger partial charge in [-0.1, -0.05) is 25.9 Å². The minimum atomic E-state index is 0. The van der Waals surface area contributed by atoms with Gasteiger partial charge in [-0.05, 0) is 166 Å². The molecule has 0 atom stereocenters. The predicted octanol–water partition coefficient (Wildman–Crippen LogP) is 11.6. The first-order chi connectivity index (χ1) is 26.8. The van der Waals surface area contributed by atoms with Crippen LogP contribution in [0.2, 0.25) is 0 Å². The van der Waals surface area contributed by atoms with Gasteiger partial charge < -0.3 is 178 Å². The molecule has 0 rings (SSSR count). The van der Waals surface area contributed by atoms with E-state index in [-0.39, 0.29) is 21.1 Å². The summed E-state index contributed by atoms with van der Waals surface area (Å²) in [5, 5.41) is 0. The average Bonchev–Trinajstić information content (AvgIpc) is 2.94. The molecule has 6 nitrogen and oxygen atoms in total. The van der Waals surface area contributed by atoms with Crippen molar-refractivity contribution in [1.29, 1.82) is 0 Å². The van der Waals surface area contributed by atoms with Crippen molar-refractivity contribution in [2.45, 2.75) is 239 Å². The van der Waals surface area contributed by atoms with Gasteiger partial charge in [-0.3, -0.25) is 0 Å². The zero-order chi connectivity index (χ0) is 49.9. The van der Waals surface area contributed by atoms with Gasteiger partial charge in [0.15, 0.2) is 0 Å². The third kappa shape index (κ3) is 40.2. The van der Waals surface area contributed by atoms with Crippen LogP contribution in [0.5, 0.6) is 0 Å². The normalized spacial score (nSPS) is 10.4. The molecular formula is C42H84MoN6S12. The third-order valence-electron chi connectivity index (χ3n) is 7.94. The molecule has 0 fully saturated rings. The smallest absolute Gasteiger partial charge is 0.411 e. The predicted molar refractivity (Wildman–Crippen MR) is 312 cm³/mol. The van der Waals surface area contributed by atoms with Gasteiger partial charge in [0.25, 0.3) is 0 Å². The summed E-state index contributed by atoms with van der Waals surface area (Å²) in [6, 6.07) is 5.06. The Labute approximate surface area is 459 Å². The summed E-state index contributed by atoms with van der Waals surface area (Å²) in [6.45, 7) is 50.3. The SMILES string of the molecule is CC(C)N(C(=S)[S-])C(C)C.CC(C)N(C(=S)[S-])C(C)C.CC(C)N(C(=S)[S-])C(C)C.CC(C)N(C(=S)[S-])C(C)C.CC(C)N(C(=S)[S-])C(C)C.CC(C)N(C(=S)[S-])C(C)C.[Mo+6]. The Bertz CT molecular complexity index is 917. The van der Waals surface area contributed by atoms with Crippen molar-refractivity contribution >= 4 is 175 Å². The maximum atomic E-state index is 4.91. The molecule has 0 heterocycles. The van der Waals surface area contributed by atoms with Crippen LogP contribution in [0.15, 0.2) is 0 Å². The number of hydrogen-bond donors (Lipinski definition) is 0. The van der Waals surface area contributed by atoms with E-state index in [1.54, 1.807) is 0 Å². The fourth-order valence-electron chi connectivity index (χ4n) is 6.11. The maximum Gasteiger partial charge on any atom is 6.00 e. The average molecular weight is 1150 g/mol. The Balaban J connectivity index is -0.000000114. The summed E-state index contributed by atoms with van der Waals surface area (Å²) < 4.78 is 3.44. The van der Waals surface area contributed by atoms with Crippen molar-refractivity contribution in [1.82, 2.24) is 29.4 Å². The van der Waals surface area contributed by atoms with E-state index in [0.29, 0.717) is 98.4 Å². The number of rotatable bonds is 12. The van der Waals surface area contributed by atoms with Crippen LogP contribution in [0.1, 0.15) is 166 Å². The molecule has 0 aromatic heterocycles. The second-order valence-corrected chi connectivity index (χ2v) is 23.4. The van der Waals surface area contributed by atoms with Gasteiger partial charge in [0.05, 0.1) is 0 Å². The fraction of sp³-hybridized carbons (Fsp3) is 0.857. The van der Waals surface area contributed by atoms with Crippen molar-refractivity contribution < 1.29 is 21.1 Å². The van der Waals surface area contributed by atoms with Crippen molar-refractivity contribution in [3.63, 3.8) is 0 Å². The van der Waals surface area contributed by atoms with Gasteiger partial charge >= 0.3 is 21.1 Å². The van der Waals surface area contributed by atoms with Gasteiger partial charge in [0.2, 0.25) is 0 Å². The number of nitrogens with zero attached hydrogens (tertiary/aromatic N) is 6. The molecule has 0 aromatic carbocycles. The molecule has 19 heteroatoms. The summed E-state index contributed by atoms with van der Waals surface area (Å²) >= 11 is 58.9. The molecule has 360 valence electrons. The monoisotopic (exact) mass is 1150 g/mol. The summed E-state index contributed by atoms with van der Waals surface area (Å²) in [5.74, 6) is 0. The van der Waals surface area contributed by atoms with Gasteiger partial charge in [-0.2, -0.15) is 0 Å². The molecular weight excluding hydrogens is 1070 g/mol. The second kappa shape index (κ2) is 41.5. The number of thiocarbonyl (C=S) groups is 6. The first kappa shape index (κ1) is 76.6. The van der Waals surface area contributed by atoms with E-state index in [1.165, 1.54) is 0 Å². The van der Waals surface area contributed by atoms with E-state index in [2.05, 4.69) is 166 Å². The molecule has 0 bridgehead atoms. The molecule has 0 unspecified atom stereocenters. The van der Waals surface area contributed by atoms with Crippen molar-refractivity contribution in [2.24, 2.45) is 0 Å². The molecule has 61 heavy (non-hydrogen) atoms. The molecule has 0 aromatic rings. The van der Waals surface area contributed by atoms with Crippen LogP contribution in [-0.2, 0) is 96.8 Å². The summed E-state index contributed by atoms with van der Waals surface area (Å²) in [6.07, 6.45) is 0. The minimum Gasteiger partial charge on any atom is -0.411 e. The third-order valence-corrected chi connectivity index (χ3v) is 10.5. The van der Waals surface area contributed by atoms with E-state index in [4.69, 9.17) is 149 Å². The minimum absolute atomic E-state index is 0. The van der Waals surface area contributed by atoms with Gasteiger partial charge in [0, 0.05) is 72.5 Å². The molecule has 0 spiro atoms. The standard InChI is InChI=1S/6C7H15NS2.Mo/c6*1-5(2)8(6(3)4)7(9)10;/h6*5-6H,1-4H3,(H,9,10);/q;;;;;;+6/p-6. The van der Waals surface area contributed by atoms with Crippen LogP contribution >= 0.6 is 73.3 Å². The molecule has 0 aliphatic rings. The van der Waals surface area contributed by atoms with Crippen molar-refractivity contribution in [2.75, 3.05) is 0 Å². The van der Waals surface area contributed by atoms with Crippen LogP contribution in [0.4, 0.5) is 0 Å². The number of hydrogen-bond acceptors (Lipinski definition) is 12. The molecule has 0 aliphatic carbocycles. The Morgan fingerprint density at radius 1 is 0.213 bits per heavy atom. The molecule has 0 N–H and O–H groups in total. The first-order valence-corrected chi connectivity index (χ1v) is 25.6. The largest absolute Gasteiger partial charge is 6.00 e. The van der Waals surface area contributed by atoms with Gasteiger partial charge in [-0.15, -0.1) is 0 Å². The quantitative estimate of drug-likeness (QED) is 0.105. The first-order valence-electron chi connectivity index (χ1n) is 20.7. The van der Waals surface area contributed by atoms with Gasteiger partial charge in [-0.25, -0.2) is 0 Å². The Kier molecular flexibility index (Phi) is 52.1. The molecule has 0 aliphatic heterocycles. The second-order valence-electron chi connectivity index (χ2n) is 17.2. The molecule has 0 amide bonds. The van der Waals surface area contributed by atoms with E-state index in [1.807, 2.05) is 29.4 Å².